The zero-order valence-electron chi connectivity index (χ0n) is 9.03. The molecule has 2 aromatic heterocycles. The van der Waals surface area contributed by atoms with Crippen LogP contribution in [0.1, 0.15) is 5.82 Å². The first-order valence-corrected chi connectivity index (χ1v) is 5.10. The van der Waals surface area contributed by atoms with Crippen LogP contribution < -0.4 is 5.32 Å². The highest BCUT2D eigenvalue weighted by Gasteiger charge is 2.35. The molecule has 9 heteroatoms. The van der Waals surface area contributed by atoms with E-state index in [1.54, 1.807) is 13.2 Å². The highest BCUT2D eigenvalue weighted by atomic mass is 35.5. The zero-order valence-corrected chi connectivity index (χ0v) is 9.79. The van der Waals surface area contributed by atoms with Crippen LogP contribution in [0.3, 0.4) is 0 Å². The third-order valence-electron chi connectivity index (χ3n) is 1.93. The molecule has 0 atom stereocenters. The lowest BCUT2D eigenvalue weighted by atomic mass is 10.4. The molecular formula is C9H7ClF3N5. The predicted octanol–water partition coefficient (Wildman–Crippen LogP) is 2.63. The predicted molar refractivity (Wildman–Crippen MR) is 58.5 cm³/mol. The quantitative estimate of drug-likeness (QED) is 0.858. The first-order valence-electron chi connectivity index (χ1n) is 4.72. The van der Waals surface area contributed by atoms with Gasteiger partial charge >= 0.3 is 6.18 Å². The third-order valence-corrected chi connectivity index (χ3v) is 2.12. The number of aromatic nitrogens is 4. The Morgan fingerprint density at radius 2 is 2.06 bits per heavy atom. The minimum atomic E-state index is -4.64. The molecule has 2 aromatic rings. The summed E-state index contributed by atoms with van der Waals surface area (Å²) in [4.78, 5) is 6.46. The Kier molecular flexibility index (Phi) is 3.12. The Hall–Kier alpha value is -1.83. The molecule has 0 aliphatic heterocycles. The fourth-order valence-electron chi connectivity index (χ4n) is 1.24. The molecule has 0 saturated carbocycles. The molecule has 5 nitrogen and oxygen atoms in total. The Bertz CT molecular complexity index is 566. The van der Waals surface area contributed by atoms with Crippen molar-refractivity contribution in [1.29, 1.82) is 0 Å². The smallest absolute Gasteiger partial charge is 0.338 e. The summed E-state index contributed by atoms with van der Waals surface area (Å²) >= 11 is 5.52. The van der Waals surface area contributed by atoms with Gasteiger partial charge in [0.05, 0.1) is 11.9 Å². The molecule has 2 rings (SSSR count). The van der Waals surface area contributed by atoms with Crippen molar-refractivity contribution in [3.63, 3.8) is 0 Å². The Balaban J connectivity index is 2.31. The number of hydrogen-bond donors (Lipinski definition) is 1. The van der Waals surface area contributed by atoms with Crippen LogP contribution in [0.15, 0.2) is 18.5 Å². The number of nitrogens with one attached hydrogen (secondary N) is 1. The van der Waals surface area contributed by atoms with Gasteiger partial charge in [-0.3, -0.25) is 4.68 Å². The second-order valence-corrected chi connectivity index (χ2v) is 3.81. The van der Waals surface area contributed by atoms with Crippen molar-refractivity contribution in [2.75, 3.05) is 5.32 Å². The van der Waals surface area contributed by atoms with Crippen LogP contribution in [-0.2, 0) is 13.2 Å². The molecule has 0 aliphatic rings. The minimum Gasteiger partial charge on any atom is -0.338 e. The standard InChI is InChI=1S/C9H7ClF3N5/c1-18-4-5(3-14-18)15-7-2-6(10)16-8(17-7)9(11,12)13/h2-4H,1H3,(H,15,16,17). The molecule has 0 aliphatic carbocycles. The van der Waals surface area contributed by atoms with E-state index in [1.807, 2.05) is 0 Å². The number of hydrogen-bond acceptors (Lipinski definition) is 4. The first-order chi connectivity index (χ1) is 8.34. The number of nitrogens with zero attached hydrogens (tertiary/aromatic N) is 4. The van der Waals surface area contributed by atoms with Gasteiger partial charge in [-0.1, -0.05) is 11.6 Å². The van der Waals surface area contributed by atoms with E-state index in [0.29, 0.717) is 5.69 Å². The van der Waals surface area contributed by atoms with E-state index < -0.39 is 12.0 Å². The van der Waals surface area contributed by atoms with Gasteiger partial charge < -0.3 is 5.32 Å². The van der Waals surface area contributed by atoms with E-state index >= 15 is 0 Å². The SMILES string of the molecule is Cn1cc(Nc2cc(Cl)nc(C(F)(F)F)n2)cn1. The number of alkyl halides is 3. The first kappa shape index (κ1) is 12.6. The van der Waals surface area contributed by atoms with Gasteiger partial charge in [0.2, 0.25) is 5.82 Å². The molecule has 0 bridgehead atoms. The van der Waals surface area contributed by atoms with E-state index in [-0.39, 0.29) is 11.0 Å². The topological polar surface area (TPSA) is 55.6 Å². The van der Waals surface area contributed by atoms with Gasteiger partial charge in [-0.05, 0) is 0 Å². The van der Waals surface area contributed by atoms with Gasteiger partial charge in [-0.25, -0.2) is 9.97 Å². The van der Waals surface area contributed by atoms with Gasteiger partial charge in [0.1, 0.15) is 11.0 Å². The summed E-state index contributed by atoms with van der Waals surface area (Å²) in [5.74, 6) is -1.34. The third kappa shape index (κ3) is 2.89. The van der Waals surface area contributed by atoms with Gasteiger partial charge in [-0.15, -0.1) is 0 Å². The summed E-state index contributed by atoms with van der Waals surface area (Å²) in [7, 11) is 1.68. The maximum absolute atomic E-state index is 12.5. The van der Waals surface area contributed by atoms with E-state index in [2.05, 4.69) is 20.4 Å². The minimum absolute atomic E-state index is 0.0460. The average molecular weight is 278 g/mol. The zero-order chi connectivity index (χ0) is 13.3. The lowest BCUT2D eigenvalue weighted by molar-refractivity contribution is -0.144. The number of rotatable bonds is 2. The molecule has 0 aromatic carbocycles. The van der Waals surface area contributed by atoms with Gasteiger partial charge in [-0.2, -0.15) is 18.3 Å². The second-order valence-electron chi connectivity index (χ2n) is 3.42. The van der Waals surface area contributed by atoms with Crippen LogP contribution in [0, 0.1) is 0 Å². The summed E-state index contributed by atoms with van der Waals surface area (Å²) in [5.41, 5.74) is 0.500. The molecule has 0 unspecified atom stereocenters. The second kappa shape index (κ2) is 4.45. The fourth-order valence-corrected chi connectivity index (χ4v) is 1.43. The van der Waals surface area contributed by atoms with Crippen LogP contribution >= 0.6 is 11.6 Å². The van der Waals surface area contributed by atoms with Crippen LogP contribution in [-0.4, -0.2) is 19.7 Å². The summed E-state index contributed by atoms with van der Waals surface area (Å²) in [6.45, 7) is 0. The van der Waals surface area contributed by atoms with Crippen molar-refractivity contribution in [2.45, 2.75) is 6.18 Å². The summed E-state index contributed by atoms with van der Waals surface area (Å²) < 4.78 is 38.9. The highest BCUT2D eigenvalue weighted by Crippen LogP contribution is 2.28. The van der Waals surface area contributed by atoms with Crippen LogP contribution in [0.25, 0.3) is 0 Å². The van der Waals surface area contributed by atoms with Gasteiger partial charge in [0.15, 0.2) is 0 Å². The molecule has 18 heavy (non-hydrogen) atoms. The average Bonchev–Trinajstić information content (AvgIpc) is 2.61. The largest absolute Gasteiger partial charge is 0.451 e. The molecule has 2 heterocycles. The fraction of sp³-hybridized carbons (Fsp3) is 0.222. The lowest BCUT2D eigenvalue weighted by Gasteiger charge is -2.08. The Labute approximate surface area is 105 Å². The lowest BCUT2D eigenvalue weighted by Crippen LogP contribution is -2.12. The van der Waals surface area contributed by atoms with Gasteiger partial charge in [0, 0.05) is 19.3 Å². The van der Waals surface area contributed by atoms with Crippen molar-refractivity contribution in [3.8, 4) is 0 Å². The molecule has 0 amide bonds. The van der Waals surface area contributed by atoms with Crippen LogP contribution in [0.2, 0.25) is 5.15 Å². The summed E-state index contributed by atoms with van der Waals surface area (Å²) in [5, 5.41) is 6.23. The highest BCUT2D eigenvalue weighted by molar-refractivity contribution is 6.29. The monoisotopic (exact) mass is 277 g/mol. The molecule has 0 radical (unpaired) electrons. The van der Waals surface area contributed by atoms with Crippen molar-refractivity contribution in [3.05, 3.63) is 29.4 Å². The Morgan fingerprint density at radius 3 is 2.61 bits per heavy atom. The molecule has 0 saturated heterocycles. The Morgan fingerprint density at radius 1 is 1.33 bits per heavy atom. The maximum atomic E-state index is 12.5. The molecule has 96 valence electrons. The maximum Gasteiger partial charge on any atom is 0.451 e. The van der Waals surface area contributed by atoms with Crippen LogP contribution in [0.4, 0.5) is 24.7 Å². The number of anilines is 2. The molecule has 0 fully saturated rings. The van der Waals surface area contributed by atoms with E-state index in [9.17, 15) is 13.2 Å². The summed E-state index contributed by atoms with van der Waals surface area (Å²) in [6, 6.07) is 1.20. The van der Waals surface area contributed by atoms with E-state index in [0.717, 1.165) is 0 Å². The number of halogens is 4. The normalized spacial score (nSPS) is 11.6. The van der Waals surface area contributed by atoms with Crippen LogP contribution in [0.5, 0.6) is 0 Å². The van der Waals surface area contributed by atoms with Crippen molar-refractivity contribution < 1.29 is 13.2 Å². The van der Waals surface area contributed by atoms with Crippen molar-refractivity contribution in [1.82, 2.24) is 19.7 Å². The number of aryl methyl sites for hydroxylation is 1. The molecule has 0 spiro atoms. The molecular weight excluding hydrogens is 271 g/mol. The van der Waals surface area contributed by atoms with Crippen molar-refractivity contribution in [2.24, 2.45) is 7.05 Å². The van der Waals surface area contributed by atoms with E-state index in [4.69, 9.17) is 11.6 Å². The van der Waals surface area contributed by atoms with Crippen molar-refractivity contribution >= 4 is 23.1 Å². The summed E-state index contributed by atoms with van der Waals surface area (Å²) in [6.07, 6.45) is -1.61. The molecule has 1 N–H and O–H groups in total. The van der Waals surface area contributed by atoms with E-state index in [1.165, 1.54) is 16.9 Å². The van der Waals surface area contributed by atoms with Gasteiger partial charge in [0.25, 0.3) is 0 Å².